The lowest BCUT2D eigenvalue weighted by atomic mass is 9.87. The van der Waals surface area contributed by atoms with E-state index in [1.807, 2.05) is 0 Å². The van der Waals surface area contributed by atoms with Crippen molar-refractivity contribution in [3.8, 4) is 0 Å². The summed E-state index contributed by atoms with van der Waals surface area (Å²) in [6, 6.07) is 29.7. The van der Waals surface area contributed by atoms with Gasteiger partial charge in [-0.25, -0.2) is 0 Å². The molecule has 3 nitrogen and oxygen atoms in total. The Morgan fingerprint density at radius 1 is 0.886 bits per heavy atom. The Bertz CT molecular complexity index is 1350. The van der Waals surface area contributed by atoms with Gasteiger partial charge in [-0.2, -0.15) is 0 Å². The first-order valence-electron chi connectivity index (χ1n) is 13.0. The van der Waals surface area contributed by atoms with Crippen LogP contribution >= 0.6 is 0 Å². The molecule has 178 valence electrons. The van der Waals surface area contributed by atoms with Crippen molar-refractivity contribution in [1.82, 2.24) is 4.98 Å². The van der Waals surface area contributed by atoms with Gasteiger partial charge in [0.1, 0.15) is 0 Å². The third-order valence-electron chi connectivity index (χ3n) is 7.79. The molecule has 1 atom stereocenters. The quantitative estimate of drug-likeness (QED) is 0.313. The topological polar surface area (TPSA) is 19.4 Å². The van der Waals surface area contributed by atoms with E-state index in [4.69, 9.17) is 4.98 Å². The summed E-state index contributed by atoms with van der Waals surface area (Å²) in [6.45, 7) is 9.71. The summed E-state index contributed by atoms with van der Waals surface area (Å²) in [7, 11) is 0. The van der Waals surface area contributed by atoms with Gasteiger partial charge in [0, 0.05) is 43.2 Å². The minimum Gasteiger partial charge on any atom is -0.366 e. The van der Waals surface area contributed by atoms with Crippen molar-refractivity contribution in [1.29, 1.82) is 0 Å². The molecule has 0 radical (unpaired) electrons. The van der Waals surface area contributed by atoms with Gasteiger partial charge in [-0.05, 0) is 59.2 Å². The van der Waals surface area contributed by atoms with Crippen LogP contribution in [0.15, 0.2) is 78.9 Å². The number of pyridine rings is 1. The van der Waals surface area contributed by atoms with Crippen molar-refractivity contribution in [3.63, 3.8) is 0 Å². The smallest absolute Gasteiger partial charge is 0.0705 e. The molecule has 0 bridgehead atoms. The molecule has 0 amide bonds. The zero-order valence-corrected chi connectivity index (χ0v) is 21.2. The molecule has 6 rings (SSSR count). The van der Waals surface area contributed by atoms with E-state index >= 15 is 0 Å². The number of para-hydroxylation sites is 3. The summed E-state index contributed by atoms with van der Waals surface area (Å²) in [4.78, 5) is 10.4. The monoisotopic (exact) mass is 461 g/mol. The van der Waals surface area contributed by atoms with E-state index in [9.17, 15) is 0 Å². The highest BCUT2D eigenvalue weighted by Gasteiger charge is 2.31. The Labute approximate surface area is 209 Å². The van der Waals surface area contributed by atoms with Crippen LogP contribution in [0.25, 0.3) is 10.9 Å². The Morgan fingerprint density at radius 3 is 2.43 bits per heavy atom. The molecule has 1 aromatic heterocycles. The fourth-order valence-corrected chi connectivity index (χ4v) is 5.84. The fourth-order valence-electron chi connectivity index (χ4n) is 5.84. The Kier molecular flexibility index (Phi) is 5.51. The van der Waals surface area contributed by atoms with E-state index in [1.54, 1.807) is 0 Å². The second kappa shape index (κ2) is 8.71. The van der Waals surface area contributed by atoms with Crippen molar-refractivity contribution in [3.05, 3.63) is 101 Å². The molecule has 4 aromatic rings. The third-order valence-corrected chi connectivity index (χ3v) is 7.79. The number of aromatic nitrogens is 1. The summed E-state index contributed by atoms with van der Waals surface area (Å²) in [5.41, 5.74) is 9.34. The van der Waals surface area contributed by atoms with E-state index < -0.39 is 0 Å². The summed E-state index contributed by atoms with van der Waals surface area (Å²) >= 11 is 0. The zero-order chi connectivity index (χ0) is 24.0. The number of nitrogens with zero attached hydrogens (tertiary/aromatic N) is 3. The molecule has 0 N–H and O–H groups in total. The predicted molar refractivity (Wildman–Crippen MR) is 147 cm³/mol. The molecule has 1 unspecified atom stereocenters. The SMILES string of the molecule is CC(C)(C)c1ccc(CN2Cc3cc4ccccc4nc3CC3CCCN3c3ccccc32)cc1. The van der Waals surface area contributed by atoms with Crippen molar-refractivity contribution in [2.45, 2.75) is 64.6 Å². The van der Waals surface area contributed by atoms with E-state index in [0.29, 0.717) is 6.04 Å². The van der Waals surface area contributed by atoms with Gasteiger partial charge in [0.2, 0.25) is 0 Å². The van der Waals surface area contributed by atoms with Crippen LogP contribution in [-0.4, -0.2) is 17.6 Å². The minimum absolute atomic E-state index is 0.167. The number of rotatable bonds is 2. The van der Waals surface area contributed by atoms with Crippen LogP contribution in [0.1, 0.15) is 56.0 Å². The average molecular weight is 462 g/mol. The van der Waals surface area contributed by atoms with Gasteiger partial charge in [0.25, 0.3) is 0 Å². The maximum Gasteiger partial charge on any atom is 0.0705 e. The van der Waals surface area contributed by atoms with Crippen LogP contribution in [0, 0.1) is 0 Å². The molecular formula is C32H35N3. The minimum atomic E-state index is 0.167. The lowest BCUT2D eigenvalue weighted by Crippen LogP contribution is -2.32. The molecule has 1 saturated heterocycles. The maximum atomic E-state index is 5.21. The maximum absolute atomic E-state index is 5.21. The molecule has 3 heteroatoms. The molecule has 2 aliphatic rings. The largest absolute Gasteiger partial charge is 0.366 e. The Balaban J connectivity index is 1.46. The summed E-state index contributed by atoms with van der Waals surface area (Å²) in [5, 5.41) is 1.23. The zero-order valence-electron chi connectivity index (χ0n) is 21.2. The van der Waals surface area contributed by atoms with Gasteiger partial charge >= 0.3 is 0 Å². The van der Waals surface area contributed by atoms with Crippen LogP contribution in [0.5, 0.6) is 0 Å². The van der Waals surface area contributed by atoms with Crippen LogP contribution in [0.3, 0.4) is 0 Å². The average Bonchev–Trinajstić information content (AvgIpc) is 3.32. The number of hydrogen-bond acceptors (Lipinski definition) is 3. The second-order valence-electron chi connectivity index (χ2n) is 11.3. The van der Waals surface area contributed by atoms with Crippen molar-refractivity contribution >= 4 is 22.3 Å². The molecule has 0 spiro atoms. The Hall–Kier alpha value is -3.33. The lowest BCUT2D eigenvalue weighted by molar-refractivity contribution is 0.590. The highest BCUT2D eigenvalue weighted by molar-refractivity contribution is 5.80. The molecule has 2 aliphatic heterocycles. The van der Waals surface area contributed by atoms with Gasteiger partial charge in [-0.3, -0.25) is 4.98 Å². The normalized spacial score (nSPS) is 17.9. The van der Waals surface area contributed by atoms with Crippen LogP contribution in [-0.2, 0) is 24.9 Å². The predicted octanol–water partition coefficient (Wildman–Crippen LogP) is 7.26. The van der Waals surface area contributed by atoms with E-state index in [1.165, 1.54) is 52.0 Å². The molecular weight excluding hydrogens is 426 g/mol. The third kappa shape index (κ3) is 4.29. The number of benzene rings is 3. The van der Waals surface area contributed by atoms with E-state index in [2.05, 4.69) is 109 Å². The second-order valence-corrected chi connectivity index (χ2v) is 11.3. The Morgan fingerprint density at radius 2 is 1.63 bits per heavy atom. The fraction of sp³-hybridized carbons (Fsp3) is 0.344. The standard InChI is InChI=1S/C32H35N3/c1-32(2,3)26-16-14-23(15-17-26)21-34-22-25-19-24-9-4-5-11-28(24)33-29(25)20-27-10-8-18-35(27)31-13-7-6-12-30(31)34/h4-7,9,11-17,19,27H,8,10,18,20-22H2,1-3H3. The van der Waals surface area contributed by atoms with Crippen molar-refractivity contribution in [2.75, 3.05) is 16.3 Å². The van der Waals surface area contributed by atoms with Crippen LogP contribution in [0.2, 0.25) is 0 Å². The molecule has 1 fully saturated rings. The summed E-state index contributed by atoms with van der Waals surface area (Å²) in [5.74, 6) is 0. The summed E-state index contributed by atoms with van der Waals surface area (Å²) in [6.07, 6.45) is 3.50. The first-order valence-corrected chi connectivity index (χ1v) is 13.0. The first kappa shape index (κ1) is 22.2. The van der Waals surface area contributed by atoms with Crippen molar-refractivity contribution < 1.29 is 0 Å². The van der Waals surface area contributed by atoms with E-state index in [0.717, 1.165) is 31.6 Å². The number of anilines is 2. The van der Waals surface area contributed by atoms with Gasteiger partial charge in [0.05, 0.1) is 16.9 Å². The highest BCUT2D eigenvalue weighted by atomic mass is 15.2. The lowest BCUT2D eigenvalue weighted by Gasteiger charge is -2.32. The number of hydrogen-bond donors (Lipinski definition) is 0. The molecule has 3 aromatic carbocycles. The highest BCUT2D eigenvalue weighted by Crippen LogP contribution is 2.39. The first-order chi connectivity index (χ1) is 17.0. The summed E-state index contributed by atoms with van der Waals surface area (Å²) < 4.78 is 0. The van der Waals surface area contributed by atoms with Gasteiger partial charge in [0.15, 0.2) is 0 Å². The van der Waals surface area contributed by atoms with Gasteiger partial charge < -0.3 is 9.80 Å². The van der Waals surface area contributed by atoms with E-state index in [-0.39, 0.29) is 5.41 Å². The van der Waals surface area contributed by atoms with Crippen LogP contribution in [0.4, 0.5) is 11.4 Å². The van der Waals surface area contributed by atoms with Crippen molar-refractivity contribution in [2.24, 2.45) is 0 Å². The van der Waals surface area contributed by atoms with Crippen LogP contribution < -0.4 is 9.80 Å². The molecule has 3 heterocycles. The molecule has 0 saturated carbocycles. The molecule has 35 heavy (non-hydrogen) atoms. The van der Waals surface area contributed by atoms with Gasteiger partial charge in [-0.1, -0.05) is 75.4 Å². The molecule has 0 aliphatic carbocycles. The van der Waals surface area contributed by atoms with Gasteiger partial charge in [-0.15, -0.1) is 0 Å². The number of fused-ring (bicyclic) bond motifs is 5.